The predicted octanol–water partition coefficient (Wildman–Crippen LogP) is 4.66. The van der Waals surface area contributed by atoms with Crippen LogP contribution in [0.2, 0.25) is 11.6 Å². The SMILES string of the molecule is CCCCC(C)O[SiH](C)C1(C)CCCCC1. The van der Waals surface area contributed by atoms with Crippen molar-refractivity contribution >= 4 is 9.04 Å². The lowest BCUT2D eigenvalue weighted by Crippen LogP contribution is -2.35. The molecule has 0 bridgehead atoms. The van der Waals surface area contributed by atoms with E-state index >= 15 is 0 Å². The van der Waals surface area contributed by atoms with Gasteiger partial charge in [0.25, 0.3) is 0 Å². The molecule has 2 heteroatoms. The van der Waals surface area contributed by atoms with Crippen molar-refractivity contribution in [2.45, 2.75) is 89.8 Å². The molecule has 1 nitrogen and oxygen atoms in total. The van der Waals surface area contributed by atoms with Gasteiger partial charge >= 0.3 is 0 Å². The third-order valence-electron chi connectivity index (χ3n) is 4.38. The second kappa shape index (κ2) is 6.80. The van der Waals surface area contributed by atoms with Gasteiger partial charge in [0, 0.05) is 6.10 Å². The van der Waals surface area contributed by atoms with Crippen molar-refractivity contribution in [3.63, 3.8) is 0 Å². The molecule has 0 saturated heterocycles. The monoisotopic (exact) mass is 242 g/mol. The van der Waals surface area contributed by atoms with Gasteiger partial charge < -0.3 is 4.43 Å². The topological polar surface area (TPSA) is 9.23 Å². The number of hydrogen-bond acceptors (Lipinski definition) is 1. The van der Waals surface area contributed by atoms with Crippen LogP contribution in [0, 0.1) is 0 Å². The molecular formula is C14H30OSi. The van der Waals surface area contributed by atoms with Crippen LogP contribution < -0.4 is 0 Å². The van der Waals surface area contributed by atoms with Gasteiger partial charge in [-0.1, -0.05) is 46.0 Å². The zero-order valence-electron chi connectivity index (χ0n) is 11.7. The second-order valence-electron chi connectivity index (χ2n) is 5.95. The first kappa shape index (κ1) is 14.2. The molecule has 0 aromatic carbocycles. The Hall–Kier alpha value is 0.177. The third-order valence-corrected chi connectivity index (χ3v) is 7.79. The van der Waals surface area contributed by atoms with Crippen LogP contribution in [0.3, 0.4) is 0 Å². The number of rotatable bonds is 6. The molecule has 1 fully saturated rings. The highest BCUT2D eigenvalue weighted by atomic mass is 28.3. The summed E-state index contributed by atoms with van der Waals surface area (Å²) >= 11 is 0. The summed E-state index contributed by atoms with van der Waals surface area (Å²) < 4.78 is 6.33. The Bertz CT molecular complexity index is 187. The zero-order chi connectivity index (χ0) is 12.0. The quantitative estimate of drug-likeness (QED) is 0.616. The molecule has 0 N–H and O–H groups in total. The van der Waals surface area contributed by atoms with Crippen LogP contribution in [0.4, 0.5) is 0 Å². The summed E-state index contributed by atoms with van der Waals surface area (Å²) in [5.41, 5.74) is 0. The fourth-order valence-corrected chi connectivity index (χ4v) is 5.22. The molecule has 0 radical (unpaired) electrons. The summed E-state index contributed by atoms with van der Waals surface area (Å²) in [7, 11) is -0.999. The molecule has 16 heavy (non-hydrogen) atoms. The Morgan fingerprint density at radius 1 is 1.25 bits per heavy atom. The fraction of sp³-hybridized carbons (Fsp3) is 1.00. The molecule has 2 unspecified atom stereocenters. The zero-order valence-corrected chi connectivity index (χ0v) is 12.9. The second-order valence-corrected chi connectivity index (χ2v) is 8.90. The Labute approximate surface area is 104 Å². The van der Waals surface area contributed by atoms with E-state index in [-0.39, 0.29) is 0 Å². The van der Waals surface area contributed by atoms with Crippen molar-refractivity contribution in [3.8, 4) is 0 Å². The molecular weight excluding hydrogens is 212 g/mol. The highest BCUT2D eigenvalue weighted by Gasteiger charge is 2.35. The lowest BCUT2D eigenvalue weighted by Gasteiger charge is -2.39. The summed E-state index contributed by atoms with van der Waals surface area (Å²) in [4.78, 5) is 0. The first-order valence-corrected chi connectivity index (χ1v) is 9.44. The van der Waals surface area contributed by atoms with Gasteiger partial charge in [0.2, 0.25) is 0 Å². The van der Waals surface area contributed by atoms with Gasteiger partial charge in [0.15, 0.2) is 9.04 Å². The minimum Gasteiger partial charge on any atom is -0.417 e. The molecule has 1 saturated carbocycles. The summed E-state index contributed by atoms with van der Waals surface area (Å²) in [5.74, 6) is 0. The lowest BCUT2D eigenvalue weighted by molar-refractivity contribution is 0.187. The normalized spacial score (nSPS) is 24.0. The molecule has 1 aliphatic rings. The van der Waals surface area contributed by atoms with Crippen LogP contribution in [0.15, 0.2) is 0 Å². The van der Waals surface area contributed by atoms with Crippen molar-refractivity contribution in [1.29, 1.82) is 0 Å². The van der Waals surface area contributed by atoms with E-state index in [1.807, 2.05) is 0 Å². The van der Waals surface area contributed by atoms with Gasteiger partial charge in [-0.15, -0.1) is 0 Å². The molecule has 1 rings (SSSR count). The van der Waals surface area contributed by atoms with Crippen molar-refractivity contribution in [2.75, 3.05) is 0 Å². The third kappa shape index (κ3) is 4.21. The summed E-state index contributed by atoms with van der Waals surface area (Å²) in [6.45, 7) is 9.44. The molecule has 0 amide bonds. The van der Waals surface area contributed by atoms with Crippen molar-refractivity contribution in [2.24, 2.45) is 0 Å². The predicted molar refractivity (Wildman–Crippen MR) is 74.5 cm³/mol. The first-order chi connectivity index (χ1) is 7.58. The average Bonchev–Trinajstić information content (AvgIpc) is 2.27. The van der Waals surface area contributed by atoms with Crippen molar-refractivity contribution < 1.29 is 4.43 Å². The summed E-state index contributed by atoms with van der Waals surface area (Å²) in [5, 5.41) is 0.582. The summed E-state index contributed by atoms with van der Waals surface area (Å²) in [6, 6.07) is 0. The van der Waals surface area contributed by atoms with E-state index in [4.69, 9.17) is 4.43 Å². The standard InChI is InChI=1S/C14H30OSi/c1-5-6-10-13(2)15-16(4)14(3)11-8-7-9-12-14/h13,16H,5-12H2,1-4H3. The van der Waals surface area contributed by atoms with E-state index in [9.17, 15) is 0 Å². The van der Waals surface area contributed by atoms with Gasteiger partial charge in [0.1, 0.15) is 0 Å². The van der Waals surface area contributed by atoms with Gasteiger partial charge in [-0.25, -0.2) is 0 Å². The molecule has 0 heterocycles. The molecule has 2 atom stereocenters. The maximum Gasteiger partial charge on any atom is 0.180 e. The van der Waals surface area contributed by atoms with Crippen LogP contribution >= 0.6 is 0 Å². The molecule has 1 aliphatic carbocycles. The largest absolute Gasteiger partial charge is 0.417 e. The number of unbranched alkanes of at least 4 members (excludes halogenated alkanes) is 1. The Kier molecular flexibility index (Phi) is 6.05. The minimum absolute atomic E-state index is 0.500. The smallest absolute Gasteiger partial charge is 0.180 e. The molecule has 0 aromatic heterocycles. The van der Waals surface area contributed by atoms with E-state index < -0.39 is 9.04 Å². The van der Waals surface area contributed by atoms with E-state index in [1.54, 1.807) is 0 Å². The van der Waals surface area contributed by atoms with Crippen LogP contribution in [-0.2, 0) is 4.43 Å². The van der Waals surface area contributed by atoms with Crippen LogP contribution in [0.5, 0.6) is 0 Å². The van der Waals surface area contributed by atoms with Crippen molar-refractivity contribution in [3.05, 3.63) is 0 Å². The van der Waals surface area contributed by atoms with Crippen LogP contribution in [0.25, 0.3) is 0 Å². The Morgan fingerprint density at radius 3 is 2.44 bits per heavy atom. The highest BCUT2D eigenvalue weighted by Crippen LogP contribution is 2.45. The Morgan fingerprint density at radius 2 is 1.88 bits per heavy atom. The maximum atomic E-state index is 6.33. The average molecular weight is 242 g/mol. The van der Waals surface area contributed by atoms with Gasteiger partial charge in [0.05, 0.1) is 0 Å². The van der Waals surface area contributed by atoms with E-state index in [1.165, 1.54) is 51.4 Å². The minimum atomic E-state index is -0.999. The van der Waals surface area contributed by atoms with Gasteiger partial charge in [-0.05, 0) is 37.8 Å². The first-order valence-electron chi connectivity index (χ1n) is 7.24. The molecule has 0 aliphatic heterocycles. The number of hydrogen-bond donors (Lipinski definition) is 0. The van der Waals surface area contributed by atoms with Gasteiger partial charge in [-0.3, -0.25) is 0 Å². The summed E-state index contributed by atoms with van der Waals surface area (Å²) in [6.07, 6.45) is 11.5. The van der Waals surface area contributed by atoms with Crippen LogP contribution in [-0.4, -0.2) is 15.1 Å². The molecule has 0 spiro atoms. The molecule has 0 aromatic rings. The van der Waals surface area contributed by atoms with E-state index in [0.717, 1.165) is 0 Å². The highest BCUT2D eigenvalue weighted by molar-refractivity contribution is 6.54. The van der Waals surface area contributed by atoms with Crippen LogP contribution in [0.1, 0.15) is 72.1 Å². The Balaban J connectivity index is 2.34. The van der Waals surface area contributed by atoms with E-state index in [2.05, 4.69) is 27.3 Å². The van der Waals surface area contributed by atoms with Gasteiger partial charge in [-0.2, -0.15) is 0 Å². The van der Waals surface area contributed by atoms with Crippen molar-refractivity contribution in [1.82, 2.24) is 0 Å². The lowest BCUT2D eigenvalue weighted by atomic mass is 9.90. The molecule has 96 valence electrons. The van der Waals surface area contributed by atoms with E-state index in [0.29, 0.717) is 11.1 Å². The fourth-order valence-electron chi connectivity index (χ4n) is 2.84. The maximum absolute atomic E-state index is 6.33.